The summed E-state index contributed by atoms with van der Waals surface area (Å²) < 4.78 is 0. The van der Waals surface area contributed by atoms with Crippen LogP contribution in [0, 0.1) is 29.1 Å². The molecule has 2 aromatic carbocycles. The predicted molar refractivity (Wildman–Crippen MR) is 135 cm³/mol. The number of aromatic amines is 1. The van der Waals surface area contributed by atoms with Crippen LogP contribution in [-0.4, -0.2) is 15.0 Å². The van der Waals surface area contributed by atoms with E-state index in [2.05, 4.69) is 51.8 Å². The Hall–Kier alpha value is -3.17. The molecule has 2 heterocycles. The van der Waals surface area contributed by atoms with Gasteiger partial charge >= 0.3 is 0 Å². The molecule has 4 aromatic rings. The number of aromatic nitrogens is 3. The smallest absolute Gasteiger partial charge is 0.140 e. The second kappa shape index (κ2) is 7.68. The molecule has 170 valence electrons. The Morgan fingerprint density at radius 1 is 1.00 bits per heavy atom. The molecule has 0 amide bonds. The van der Waals surface area contributed by atoms with E-state index in [1.165, 1.54) is 54.0 Å². The van der Waals surface area contributed by atoms with Crippen LogP contribution in [0.2, 0.25) is 0 Å². The molecule has 4 saturated carbocycles. The van der Waals surface area contributed by atoms with Crippen LogP contribution in [0.25, 0.3) is 21.5 Å². The molecule has 34 heavy (non-hydrogen) atoms. The number of nitrogens with zero attached hydrogens (tertiary/aromatic N) is 3. The van der Waals surface area contributed by atoms with Gasteiger partial charge in [0, 0.05) is 17.3 Å². The highest BCUT2D eigenvalue weighted by atomic mass is 32.1. The van der Waals surface area contributed by atoms with Crippen LogP contribution >= 0.6 is 11.3 Å². The number of thiazole rings is 1. The summed E-state index contributed by atoms with van der Waals surface area (Å²) in [5, 5.41) is 14.5. The van der Waals surface area contributed by atoms with Gasteiger partial charge in [-0.1, -0.05) is 24.3 Å². The first-order valence-corrected chi connectivity index (χ1v) is 13.1. The Labute approximate surface area is 203 Å². The first kappa shape index (κ1) is 20.2. The van der Waals surface area contributed by atoms with Crippen molar-refractivity contribution in [3.63, 3.8) is 0 Å². The Morgan fingerprint density at radius 2 is 1.74 bits per heavy atom. The van der Waals surface area contributed by atoms with Crippen molar-refractivity contribution in [3.8, 4) is 16.5 Å². The fraction of sp³-hybridized carbons (Fsp3) is 0.393. The van der Waals surface area contributed by atoms with Crippen molar-refractivity contribution in [2.24, 2.45) is 17.8 Å². The molecule has 4 fully saturated rings. The Morgan fingerprint density at radius 3 is 2.44 bits per heavy atom. The molecule has 4 aliphatic carbocycles. The third-order valence-corrected chi connectivity index (χ3v) is 9.68. The van der Waals surface area contributed by atoms with Crippen LogP contribution in [0.3, 0.4) is 0 Å². The van der Waals surface area contributed by atoms with E-state index in [1.54, 1.807) is 6.33 Å². The van der Waals surface area contributed by atoms with Crippen molar-refractivity contribution in [2.45, 2.75) is 50.0 Å². The topological polar surface area (TPSA) is 77.4 Å². The lowest BCUT2D eigenvalue weighted by Gasteiger charge is -2.56. The lowest BCUT2D eigenvalue weighted by Crippen LogP contribution is -2.48. The normalized spacial score (nSPS) is 28.1. The van der Waals surface area contributed by atoms with Gasteiger partial charge in [0.2, 0.25) is 0 Å². The van der Waals surface area contributed by atoms with E-state index < -0.39 is 6.04 Å². The summed E-state index contributed by atoms with van der Waals surface area (Å²) in [7, 11) is 0. The third-order valence-electron chi connectivity index (χ3n) is 8.39. The van der Waals surface area contributed by atoms with Crippen LogP contribution in [0.1, 0.15) is 55.1 Å². The van der Waals surface area contributed by atoms with E-state index in [-0.39, 0.29) is 0 Å². The van der Waals surface area contributed by atoms with Crippen molar-refractivity contribution in [2.75, 3.05) is 5.32 Å². The molecule has 0 aliphatic heterocycles. The molecular formula is C28H27N5S. The van der Waals surface area contributed by atoms with Gasteiger partial charge < -0.3 is 10.3 Å². The maximum absolute atomic E-state index is 9.81. The lowest BCUT2D eigenvalue weighted by molar-refractivity contribution is -0.00527. The molecule has 8 rings (SSSR count). The Balaban J connectivity index is 1.11. The largest absolute Gasteiger partial charge is 0.366 e. The third kappa shape index (κ3) is 3.33. The zero-order valence-corrected chi connectivity index (χ0v) is 19.8. The van der Waals surface area contributed by atoms with Crippen molar-refractivity contribution < 1.29 is 0 Å². The molecule has 1 unspecified atom stereocenters. The SMILES string of the molecule is N#CC(Nc1ccc2nc[nH]c2c1)c1ccc(-c2cnc(C34CC5CC(CC(C5)C3)C4)s2)cc1. The second-order valence-corrected chi connectivity index (χ2v) is 11.7. The summed E-state index contributed by atoms with van der Waals surface area (Å²) in [5.41, 5.74) is 5.27. The van der Waals surface area contributed by atoms with Gasteiger partial charge in [-0.15, -0.1) is 11.3 Å². The van der Waals surface area contributed by atoms with Gasteiger partial charge in [0.25, 0.3) is 0 Å². The standard InChI is InChI=1S/C28H27N5S/c29-14-25(33-22-5-6-23-24(10-22)32-16-31-23)20-1-3-21(4-2-20)26-15-30-27(34-26)28-11-17-7-18(12-28)9-19(8-17)13-28/h1-6,10,15-19,25,33H,7-9,11-13H2,(H,31,32). The highest BCUT2D eigenvalue weighted by Crippen LogP contribution is 2.61. The minimum atomic E-state index is -0.418. The number of imidazole rings is 1. The lowest BCUT2D eigenvalue weighted by atomic mass is 9.50. The highest BCUT2D eigenvalue weighted by Gasteiger charge is 2.52. The van der Waals surface area contributed by atoms with Gasteiger partial charge in [-0.25, -0.2) is 9.97 Å². The van der Waals surface area contributed by atoms with Crippen LogP contribution < -0.4 is 5.32 Å². The number of H-pyrrole nitrogens is 1. The molecule has 0 saturated heterocycles. The molecule has 6 heteroatoms. The fourth-order valence-corrected chi connectivity index (χ4v) is 8.39. The van der Waals surface area contributed by atoms with Crippen molar-refractivity contribution in [1.29, 1.82) is 5.26 Å². The molecule has 0 radical (unpaired) electrons. The number of benzene rings is 2. The fourth-order valence-electron chi connectivity index (χ4n) is 7.25. The van der Waals surface area contributed by atoms with Gasteiger partial charge in [-0.3, -0.25) is 0 Å². The zero-order valence-electron chi connectivity index (χ0n) is 19.0. The van der Waals surface area contributed by atoms with E-state index >= 15 is 0 Å². The van der Waals surface area contributed by atoms with Crippen LogP contribution in [0.15, 0.2) is 55.0 Å². The number of fused-ring (bicyclic) bond motifs is 1. The molecule has 5 nitrogen and oxygen atoms in total. The first-order chi connectivity index (χ1) is 16.7. The summed E-state index contributed by atoms with van der Waals surface area (Å²) in [6.45, 7) is 0. The maximum atomic E-state index is 9.81. The van der Waals surface area contributed by atoms with E-state index in [4.69, 9.17) is 4.98 Å². The van der Waals surface area contributed by atoms with E-state index in [9.17, 15) is 5.26 Å². The first-order valence-electron chi connectivity index (χ1n) is 12.3. The molecule has 4 aliphatic rings. The summed E-state index contributed by atoms with van der Waals surface area (Å²) in [5.74, 6) is 2.80. The van der Waals surface area contributed by atoms with E-state index in [1.807, 2.05) is 29.5 Å². The minimum Gasteiger partial charge on any atom is -0.366 e. The number of hydrogen-bond acceptors (Lipinski definition) is 5. The summed E-state index contributed by atoms with van der Waals surface area (Å²) in [6, 6.07) is 16.3. The predicted octanol–water partition coefficient (Wildman–Crippen LogP) is 6.83. The van der Waals surface area contributed by atoms with Gasteiger partial charge in [0.15, 0.2) is 0 Å². The number of nitriles is 1. The molecule has 1 atom stereocenters. The Bertz CT molecular complexity index is 1360. The van der Waals surface area contributed by atoms with E-state index in [0.29, 0.717) is 5.41 Å². The average molecular weight is 466 g/mol. The monoisotopic (exact) mass is 465 g/mol. The van der Waals surface area contributed by atoms with E-state index in [0.717, 1.165) is 40.0 Å². The average Bonchev–Trinajstić information content (AvgIpc) is 3.52. The van der Waals surface area contributed by atoms with Gasteiger partial charge in [-0.05, 0) is 85.6 Å². The summed E-state index contributed by atoms with van der Waals surface area (Å²) in [4.78, 5) is 13.6. The van der Waals surface area contributed by atoms with Crippen LogP contribution in [0.4, 0.5) is 5.69 Å². The minimum absolute atomic E-state index is 0.350. The van der Waals surface area contributed by atoms with Crippen molar-refractivity contribution >= 4 is 28.1 Å². The number of rotatable bonds is 5. The molecule has 0 spiro atoms. The van der Waals surface area contributed by atoms with Crippen molar-refractivity contribution in [3.05, 3.63) is 65.6 Å². The summed E-state index contributed by atoms with van der Waals surface area (Å²) in [6.07, 6.45) is 12.2. The van der Waals surface area contributed by atoms with Crippen molar-refractivity contribution in [1.82, 2.24) is 15.0 Å². The van der Waals surface area contributed by atoms with Crippen LogP contribution in [-0.2, 0) is 5.41 Å². The molecule has 2 aromatic heterocycles. The molecular weight excluding hydrogens is 438 g/mol. The zero-order chi connectivity index (χ0) is 22.7. The number of nitrogens with one attached hydrogen (secondary N) is 2. The summed E-state index contributed by atoms with van der Waals surface area (Å²) >= 11 is 1.90. The van der Waals surface area contributed by atoms with Crippen LogP contribution in [0.5, 0.6) is 0 Å². The second-order valence-electron chi connectivity index (χ2n) is 10.7. The quantitative estimate of drug-likeness (QED) is 0.339. The molecule has 4 bridgehead atoms. The number of hydrogen-bond donors (Lipinski definition) is 2. The van der Waals surface area contributed by atoms with Gasteiger partial charge in [0.05, 0.1) is 33.3 Å². The van der Waals surface area contributed by atoms with Gasteiger partial charge in [0.1, 0.15) is 6.04 Å². The molecule has 2 N–H and O–H groups in total. The Kier molecular flexibility index (Phi) is 4.57. The maximum Gasteiger partial charge on any atom is 0.140 e. The van der Waals surface area contributed by atoms with Gasteiger partial charge in [-0.2, -0.15) is 5.26 Å². The highest BCUT2D eigenvalue weighted by molar-refractivity contribution is 7.15. The number of anilines is 1.